The Hall–Kier alpha value is -1.36. The SMILES string of the molecule is CCC[C@@H](NC(=O)c1cc(C)cc(Br)c1)C(=O)O. The molecule has 0 aromatic heterocycles. The highest BCUT2D eigenvalue weighted by molar-refractivity contribution is 9.10. The van der Waals surface area contributed by atoms with Crippen LogP contribution in [0.15, 0.2) is 22.7 Å². The van der Waals surface area contributed by atoms with Gasteiger partial charge in [0.2, 0.25) is 0 Å². The van der Waals surface area contributed by atoms with E-state index in [1.54, 1.807) is 12.1 Å². The molecule has 0 aliphatic rings. The molecular formula is C13H16BrNO3. The van der Waals surface area contributed by atoms with E-state index in [9.17, 15) is 9.59 Å². The van der Waals surface area contributed by atoms with Crippen LogP contribution in [0.5, 0.6) is 0 Å². The monoisotopic (exact) mass is 313 g/mol. The van der Waals surface area contributed by atoms with Gasteiger partial charge in [-0.2, -0.15) is 0 Å². The van der Waals surface area contributed by atoms with Crippen LogP contribution in [-0.4, -0.2) is 23.0 Å². The maximum atomic E-state index is 11.9. The van der Waals surface area contributed by atoms with Crippen LogP contribution in [0.25, 0.3) is 0 Å². The summed E-state index contributed by atoms with van der Waals surface area (Å²) in [5.41, 5.74) is 1.40. The van der Waals surface area contributed by atoms with Gasteiger partial charge in [0.1, 0.15) is 6.04 Å². The molecule has 0 fully saturated rings. The number of benzene rings is 1. The molecule has 1 atom stereocenters. The third-order valence-electron chi connectivity index (χ3n) is 2.49. The Morgan fingerprint density at radius 2 is 2.06 bits per heavy atom. The zero-order valence-corrected chi connectivity index (χ0v) is 12.0. The molecule has 0 bridgehead atoms. The number of aliphatic carboxylic acids is 1. The molecule has 0 spiro atoms. The fraction of sp³-hybridized carbons (Fsp3) is 0.385. The summed E-state index contributed by atoms with van der Waals surface area (Å²) in [7, 11) is 0. The highest BCUT2D eigenvalue weighted by atomic mass is 79.9. The molecule has 0 unspecified atom stereocenters. The lowest BCUT2D eigenvalue weighted by molar-refractivity contribution is -0.139. The lowest BCUT2D eigenvalue weighted by Crippen LogP contribution is -2.40. The number of hydrogen-bond acceptors (Lipinski definition) is 2. The summed E-state index contributed by atoms with van der Waals surface area (Å²) in [5, 5.41) is 11.5. The van der Waals surface area contributed by atoms with E-state index in [0.717, 1.165) is 10.0 Å². The number of hydrogen-bond donors (Lipinski definition) is 2. The molecule has 1 aromatic carbocycles. The van der Waals surface area contributed by atoms with Crippen LogP contribution in [0.4, 0.5) is 0 Å². The minimum Gasteiger partial charge on any atom is -0.480 e. The third kappa shape index (κ3) is 4.14. The molecule has 1 amide bonds. The highest BCUT2D eigenvalue weighted by Gasteiger charge is 2.19. The molecule has 98 valence electrons. The van der Waals surface area contributed by atoms with Gasteiger partial charge in [-0.15, -0.1) is 0 Å². The molecule has 0 aliphatic heterocycles. The van der Waals surface area contributed by atoms with Crippen LogP contribution in [0.1, 0.15) is 35.7 Å². The predicted octanol–water partition coefficient (Wildman–Crippen LogP) is 2.74. The Kier molecular flexibility index (Phi) is 5.34. The third-order valence-corrected chi connectivity index (χ3v) is 2.94. The lowest BCUT2D eigenvalue weighted by Gasteiger charge is -2.13. The second kappa shape index (κ2) is 6.54. The van der Waals surface area contributed by atoms with Gasteiger partial charge in [-0.05, 0) is 37.1 Å². The van der Waals surface area contributed by atoms with Crippen LogP contribution < -0.4 is 5.32 Å². The summed E-state index contributed by atoms with van der Waals surface area (Å²) >= 11 is 3.31. The smallest absolute Gasteiger partial charge is 0.326 e. The molecule has 1 aromatic rings. The molecule has 18 heavy (non-hydrogen) atoms. The van der Waals surface area contributed by atoms with Gasteiger partial charge >= 0.3 is 5.97 Å². The van der Waals surface area contributed by atoms with E-state index in [1.165, 1.54) is 0 Å². The molecule has 0 aliphatic carbocycles. The van der Waals surface area contributed by atoms with E-state index >= 15 is 0 Å². The number of carbonyl (C=O) groups excluding carboxylic acids is 1. The molecule has 4 nitrogen and oxygen atoms in total. The quantitative estimate of drug-likeness (QED) is 0.878. The summed E-state index contributed by atoms with van der Waals surface area (Å²) in [6, 6.07) is 4.46. The van der Waals surface area contributed by atoms with E-state index < -0.39 is 12.0 Å². The summed E-state index contributed by atoms with van der Waals surface area (Å²) in [4.78, 5) is 22.9. The number of carboxylic acid groups (broad SMARTS) is 1. The van der Waals surface area contributed by atoms with Crippen molar-refractivity contribution in [1.29, 1.82) is 0 Å². The average molecular weight is 314 g/mol. The van der Waals surface area contributed by atoms with Gasteiger partial charge in [0, 0.05) is 10.0 Å². The number of carboxylic acids is 1. The molecular weight excluding hydrogens is 298 g/mol. The van der Waals surface area contributed by atoms with Gasteiger partial charge in [0.25, 0.3) is 5.91 Å². The van der Waals surface area contributed by atoms with Crippen molar-refractivity contribution in [2.45, 2.75) is 32.7 Å². The van der Waals surface area contributed by atoms with E-state index in [0.29, 0.717) is 18.4 Å². The van der Waals surface area contributed by atoms with Gasteiger partial charge in [-0.25, -0.2) is 4.79 Å². The van der Waals surface area contributed by atoms with Gasteiger partial charge in [-0.1, -0.05) is 29.3 Å². The van der Waals surface area contributed by atoms with E-state index in [2.05, 4.69) is 21.2 Å². The summed E-state index contributed by atoms with van der Waals surface area (Å²) in [6.07, 6.45) is 1.13. The largest absolute Gasteiger partial charge is 0.480 e. The number of rotatable bonds is 5. The predicted molar refractivity (Wildman–Crippen MR) is 72.7 cm³/mol. The Labute approximate surface area is 115 Å². The Bertz CT molecular complexity index is 439. The van der Waals surface area contributed by atoms with E-state index in [1.807, 2.05) is 19.9 Å². The molecule has 1 rings (SSSR count). The van der Waals surface area contributed by atoms with Crippen molar-refractivity contribution < 1.29 is 14.7 Å². The molecule has 0 heterocycles. The molecule has 0 saturated heterocycles. The van der Waals surface area contributed by atoms with Crippen molar-refractivity contribution in [3.8, 4) is 0 Å². The summed E-state index contributed by atoms with van der Waals surface area (Å²) < 4.78 is 0.801. The standard InChI is InChI=1S/C13H16BrNO3/c1-3-4-11(13(17)18)15-12(16)9-5-8(2)6-10(14)7-9/h5-7,11H,3-4H2,1-2H3,(H,15,16)(H,17,18)/t11-/m1/s1. The van der Waals surface area contributed by atoms with Crippen LogP contribution in [0, 0.1) is 6.92 Å². The normalized spacial score (nSPS) is 11.9. The first-order chi connectivity index (χ1) is 8.43. The fourth-order valence-electron chi connectivity index (χ4n) is 1.66. The van der Waals surface area contributed by atoms with Crippen LogP contribution in [-0.2, 0) is 4.79 Å². The number of amides is 1. The number of nitrogens with one attached hydrogen (secondary N) is 1. The summed E-state index contributed by atoms with van der Waals surface area (Å²) in [5.74, 6) is -1.36. The molecule has 2 N–H and O–H groups in total. The Morgan fingerprint density at radius 3 is 2.56 bits per heavy atom. The number of carbonyl (C=O) groups is 2. The summed E-state index contributed by atoms with van der Waals surface area (Å²) in [6.45, 7) is 3.76. The lowest BCUT2D eigenvalue weighted by atomic mass is 10.1. The second-order valence-corrected chi connectivity index (χ2v) is 5.09. The van der Waals surface area contributed by atoms with E-state index in [-0.39, 0.29) is 5.91 Å². The minimum atomic E-state index is -1.00. The number of aryl methyl sites for hydroxylation is 1. The van der Waals surface area contributed by atoms with Crippen LogP contribution in [0.3, 0.4) is 0 Å². The van der Waals surface area contributed by atoms with Gasteiger partial charge < -0.3 is 10.4 Å². The van der Waals surface area contributed by atoms with Gasteiger partial charge in [0.15, 0.2) is 0 Å². The molecule has 5 heteroatoms. The zero-order chi connectivity index (χ0) is 13.7. The second-order valence-electron chi connectivity index (χ2n) is 4.17. The average Bonchev–Trinajstić information content (AvgIpc) is 2.26. The van der Waals surface area contributed by atoms with Gasteiger partial charge in [-0.3, -0.25) is 4.79 Å². The van der Waals surface area contributed by atoms with E-state index in [4.69, 9.17) is 5.11 Å². The van der Waals surface area contributed by atoms with Gasteiger partial charge in [0.05, 0.1) is 0 Å². The topological polar surface area (TPSA) is 66.4 Å². The fourth-order valence-corrected chi connectivity index (χ4v) is 2.26. The van der Waals surface area contributed by atoms with Crippen molar-refractivity contribution in [3.05, 3.63) is 33.8 Å². The Balaban J connectivity index is 2.83. The van der Waals surface area contributed by atoms with Crippen LogP contribution >= 0.6 is 15.9 Å². The molecule has 0 saturated carbocycles. The highest BCUT2D eigenvalue weighted by Crippen LogP contribution is 2.15. The minimum absolute atomic E-state index is 0.361. The van der Waals surface area contributed by atoms with Crippen molar-refractivity contribution in [2.75, 3.05) is 0 Å². The number of halogens is 1. The first-order valence-corrected chi connectivity index (χ1v) is 6.54. The molecule has 0 radical (unpaired) electrons. The maximum Gasteiger partial charge on any atom is 0.326 e. The van der Waals surface area contributed by atoms with Crippen molar-refractivity contribution in [2.24, 2.45) is 0 Å². The van der Waals surface area contributed by atoms with Crippen molar-refractivity contribution >= 4 is 27.8 Å². The zero-order valence-electron chi connectivity index (χ0n) is 10.4. The van der Waals surface area contributed by atoms with Crippen molar-refractivity contribution in [3.63, 3.8) is 0 Å². The Morgan fingerprint density at radius 1 is 1.39 bits per heavy atom. The first-order valence-electron chi connectivity index (χ1n) is 5.75. The van der Waals surface area contributed by atoms with Crippen molar-refractivity contribution in [1.82, 2.24) is 5.32 Å². The maximum absolute atomic E-state index is 11.9. The van der Waals surface area contributed by atoms with Crippen LogP contribution in [0.2, 0.25) is 0 Å². The first kappa shape index (κ1) is 14.7.